The first-order chi connectivity index (χ1) is 12.8. The van der Waals surface area contributed by atoms with Crippen LogP contribution in [0.1, 0.15) is 30.5 Å². The number of rotatable bonds is 5. The van der Waals surface area contributed by atoms with Crippen LogP contribution >= 0.6 is 0 Å². The molecule has 1 aliphatic heterocycles. The average Bonchev–Trinajstić information content (AvgIpc) is 3.06. The molecule has 0 unspecified atom stereocenters. The monoisotopic (exact) mass is 387 g/mol. The summed E-state index contributed by atoms with van der Waals surface area (Å²) in [6.07, 6.45) is 1.64. The van der Waals surface area contributed by atoms with Gasteiger partial charge in [0.25, 0.3) is 0 Å². The van der Waals surface area contributed by atoms with Crippen molar-refractivity contribution in [3.8, 4) is 5.75 Å². The van der Waals surface area contributed by atoms with E-state index in [1.165, 1.54) is 11.9 Å². The number of hydrogen-bond donors (Lipinski definition) is 1. The standard InChI is InChI=1S/C19H21N3O4S/c1-13(23)22-18(16-6-4-5-7-19(16)26-2)12-17(20-22)14-8-10-15(11-9-14)21-27(3,24)25/h4-11,18,21H,12H2,1-3H3/t18-/m1/s1. The van der Waals surface area contributed by atoms with Crippen LogP contribution in [-0.2, 0) is 14.8 Å². The quantitative estimate of drug-likeness (QED) is 0.854. The largest absolute Gasteiger partial charge is 0.496 e. The van der Waals surface area contributed by atoms with Crippen LogP contribution in [0, 0.1) is 0 Å². The summed E-state index contributed by atoms with van der Waals surface area (Å²) in [5, 5.41) is 5.97. The first-order valence-corrected chi connectivity index (χ1v) is 10.3. The fraction of sp³-hybridized carbons (Fsp3) is 0.263. The van der Waals surface area contributed by atoms with Gasteiger partial charge in [0.2, 0.25) is 15.9 Å². The summed E-state index contributed by atoms with van der Waals surface area (Å²) in [4.78, 5) is 12.1. The minimum atomic E-state index is -3.33. The summed E-state index contributed by atoms with van der Waals surface area (Å²) in [5.41, 5.74) is 2.96. The fourth-order valence-corrected chi connectivity index (χ4v) is 3.67. The molecule has 0 radical (unpaired) electrons. The van der Waals surface area contributed by atoms with E-state index in [0.29, 0.717) is 17.9 Å². The molecule has 1 N–H and O–H groups in total. The Morgan fingerprint density at radius 2 is 1.85 bits per heavy atom. The Balaban J connectivity index is 1.89. The zero-order valence-electron chi connectivity index (χ0n) is 15.3. The van der Waals surface area contributed by atoms with Gasteiger partial charge >= 0.3 is 0 Å². The maximum absolute atomic E-state index is 12.1. The lowest BCUT2D eigenvalue weighted by atomic mass is 9.97. The molecular formula is C19H21N3O4S. The van der Waals surface area contributed by atoms with Crippen LogP contribution in [0.25, 0.3) is 0 Å². The van der Waals surface area contributed by atoms with Crippen molar-refractivity contribution in [2.45, 2.75) is 19.4 Å². The van der Waals surface area contributed by atoms with Crippen molar-refractivity contribution < 1.29 is 17.9 Å². The van der Waals surface area contributed by atoms with Gasteiger partial charge in [-0.1, -0.05) is 30.3 Å². The number of para-hydroxylation sites is 1. The van der Waals surface area contributed by atoms with E-state index in [2.05, 4.69) is 9.82 Å². The first-order valence-electron chi connectivity index (χ1n) is 8.37. The van der Waals surface area contributed by atoms with Gasteiger partial charge in [0.1, 0.15) is 5.75 Å². The number of carbonyl (C=O) groups is 1. The minimum absolute atomic E-state index is 0.156. The van der Waals surface area contributed by atoms with Crippen molar-refractivity contribution in [1.29, 1.82) is 0 Å². The van der Waals surface area contributed by atoms with Crippen molar-refractivity contribution in [1.82, 2.24) is 5.01 Å². The Kier molecular flexibility index (Phi) is 5.18. The van der Waals surface area contributed by atoms with Gasteiger partial charge in [-0.2, -0.15) is 5.10 Å². The van der Waals surface area contributed by atoms with Gasteiger partial charge in [0.15, 0.2) is 0 Å². The molecule has 0 aliphatic carbocycles. The fourth-order valence-electron chi connectivity index (χ4n) is 3.10. The highest BCUT2D eigenvalue weighted by atomic mass is 32.2. The van der Waals surface area contributed by atoms with Crippen molar-refractivity contribution in [2.24, 2.45) is 5.10 Å². The van der Waals surface area contributed by atoms with E-state index >= 15 is 0 Å². The van der Waals surface area contributed by atoms with Gasteiger partial charge in [-0.25, -0.2) is 13.4 Å². The number of sulfonamides is 1. The molecule has 7 nitrogen and oxygen atoms in total. The normalized spacial score (nSPS) is 16.8. The third-order valence-electron chi connectivity index (χ3n) is 4.25. The second-order valence-corrected chi connectivity index (χ2v) is 8.07. The maximum atomic E-state index is 12.1. The molecule has 8 heteroatoms. The Hall–Kier alpha value is -2.87. The SMILES string of the molecule is COc1ccccc1[C@H]1CC(c2ccc(NS(C)(=O)=O)cc2)=NN1C(C)=O. The second-order valence-electron chi connectivity index (χ2n) is 6.32. The molecule has 1 aliphatic rings. The van der Waals surface area contributed by atoms with E-state index in [0.717, 1.165) is 23.1 Å². The Morgan fingerprint density at radius 1 is 1.19 bits per heavy atom. The molecule has 0 saturated heterocycles. The molecular weight excluding hydrogens is 366 g/mol. The molecule has 1 atom stereocenters. The van der Waals surface area contributed by atoms with Gasteiger partial charge in [-0.05, 0) is 23.8 Å². The van der Waals surface area contributed by atoms with E-state index in [1.807, 2.05) is 24.3 Å². The predicted octanol–water partition coefficient (Wildman–Crippen LogP) is 2.76. The molecule has 2 aromatic carbocycles. The Labute approximate surface area is 158 Å². The van der Waals surface area contributed by atoms with Gasteiger partial charge < -0.3 is 4.74 Å². The summed E-state index contributed by atoms with van der Waals surface area (Å²) in [6, 6.07) is 14.2. The van der Waals surface area contributed by atoms with Crippen molar-refractivity contribution in [3.63, 3.8) is 0 Å². The molecule has 1 heterocycles. The number of anilines is 1. The molecule has 0 spiro atoms. The van der Waals surface area contributed by atoms with Gasteiger partial charge in [0.05, 0.1) is 25.1 Å². The van der Waals surface area contributed by atoms with E-state index in [-0.39, 0.29) is 11.9 Å². The summed E-state index contributed by atoms with van der Waals surface area (Å²) < 4.78 is 30.5. The van der Waals surface area contributed by atoms with E-state index < -0.39 is 10.0 Å². The summed E-state index contributed by atoms with van der Waals surface area (Å²) in [5.74, 6) is 0.550. The van der Waals surface area contributed by atoms with Gasteiger partial charge in [-0.15, -0.1) is 0 Å². The molecule has 3 rings (SSSR count). The van der Waals surface area contributed by atoms with E-state index in [9.17, 15) is 13.2 Å². The van der Waals surface area contributed by atoms with Crippen LogP contribution in [0.4, 0.5) is 5.69 Å². The van der Waals surface area contributed by atoms with Crippen molar-refractivity contribution in [3.05, 3.63) is 59.7 Å². The lowest BCUT2D eigenvalue weighted by Crippen LogP contribution is -2.24. The molecule has 0 bridgehead atoms. The number of hydrazone groups is 1. The summed E-state index contributed by atoms with van der Waals surface area (Å²) in [7, 11) is -1.73. The molecule has 1 amide bonds. The van der Waals surface area contributed by atoms with Crippen LogP contribution in [0.2, 0.25) is 0 Å². The maximum Gasteiger partial charge on any atom is 0.240 e. The van der Waals surface area contributed by atoms with Crippen LogP contribution in [0.3, 0.4) is 0 Å². The third-order valence-corrected chi connectivity index (χ3v) is 4.86. The summed E-state index contributed by atoms with van der Waals surface area (Å²) in [6.45, 7) is 1.48. The number of carbonyl (C=O) groups excluding carboxylic acids is 1. The van der Waals surface area contributed by atoms with Gasteiger partial charge in [-0.3, -0.25) is 9.52 Å². The van der Waals surface area contributed by atoms with E-state index in [4.69, 9.17) is 4.74 Å². The minimum Gasteiger partial charge on any atom is -0.496 e. The predicted molar refractivity (Wildman–Crippen MR) is 104 cm³/mol. The van der Waals surface area contributed by atoms with Crippen LogP contribution in [0.15, 0.2) is 53.6 Å². The Morgan fingerprint density at radius 3 is 2.44 bits per heavy atom. The number of hydrogen-bond acceptors (Lipinski definition) is 5. The zero-order valence-corrected chi connectivity index (χ0v) is 16.2. The number of nitrogens with one attached hydrogen (secondary N) is 1. The molecule has 2 aromatic rings. The van der Waals surface area contributed by atoms with Gasteiger partial charge in [0, 0.05) is 24.6 Å². The molecule has 142 valence electrons. The lowest BCUT2D eigenvalue weighted by molar-refractivity contribution is -0.130. The lowest BCUT2D eigenvalue weighted by Gasteiger charge is -2.22. The molecule has 0 saturated carbocycles. The molecule has 0 fully saturated rings. The van der Waals surface area contributed by atoms with Crippen molar-refractivity contribution in [2.75, 3.05) is 18.1 Å². The zero-order chi connectivity index (χ0) is 19.6. The second kappa shape index (κ2) is 7.40. The highest BCUT2D eigenvalue weighted by Gasteiger charge is 2.33. The highest BCUT2D eigenvalue weighted by Crippen LogP contribution is 2.37. The molecule has 27 heavy (non-hydrogen) atoms. The first kappa shape index (κ1) is 18.9. The van der Waals surface area contributed by atoms with E-state index in [1.54, 1.807) is 31.4 Å². The molecule has 0 aromatic heterocycles. The van der Waals surface area contributed by atoms with Crippen molar-refractivity contribution >= 4 is 27.3 Å². The topological polar surface area (TPSA) is 88.1 Å². The average molecular weight is 387 g/mol. The van der Waals surface area contributed by atoms with Crippen LogP contribution < -0.4 is 9.46 Å². The number of nitrogens with zero attached hydrogens (tertiary/aromatic N) is 2. The third kappa shape index (κ3) is 4.28. The number of methoxy groups -OCH3 is 1. The van der Waals surface area contributed by atoms with Crippen LogP contribution in [0.5, 0.6) is 5.75 Å². The van der Waals surface area contributed by atoms with Crippen LogP contribution in [-0.4, -0.2) is 38.4 Å². The smallest absolute Gasteiger partial charge is 0.240 e. The number of benzene rings is 2. The summed E-state index contributed by atoms with van der Waals surface area (Å²) >= 11 is 0. The Bertz CT molecular complexity index is 984. The highest BCUT2D eigenvalue weighted by molar-refractivity contribution is 7.92. The number of ether oxygens (including phenoxy) is 1. The number of amides is 1.